The Balaban J connectivity index is 2.63. The third-order valence-corrected chi connectivity index (χ3v) is 2.46. The van der Waals surface area contributed by atoms with E-state index < -0.39 is 12.1 Å². The lowest BCUT2D eigenvalue weighted by Gasteiger charge is -2.05. The number of carboxylic acid groups (broad SMARTS) is 1. The van der Waals surface area contributed by atoms with Gasteiger partial charge in [-0.2, -0.15) is 0 Å². The van der Waals surface area contributed by atoms with Crippen molar-refractivity contribution < 1.29 is 19.4 Å². The van der Waals surface area contributed by atoms with Gasteiger partial charge in [0.25, 0.3) is 0 Å². The average Bonchev–Trinajstić information content (AvgIpc) is 2.30. The molecule has 92 valence electrons. The van der Waals surface area contributed by atoms with Crippen LogP contribution in [0.25, 0.3) is 0 Å². The number of aromatic carboxylic acids is 1. The van der Waals surface area contributed by atoms with E-state index in [4.69, 9.17) is 16.7 Å². The molecule has 0 unspecified atom stereocenters. The van der Waals surface area contributed by atoms with Crippen molar-refractivity contribution in [3.05, 3.63) is 34.3 Å². The summed E-state index contributed by atoms with van der Waals surface area (Å²) in [5, 5.41) is 11.6. The number of carbonyl (C=O) groups excluding carboxylic acids is 1. The number of amides is 1. The van der Waals surface area contributed by atoms with Crippen LogP contribution in [0.5, 0.6) is 0 Å². The Morgan fingerprint density at radius 1 is 1.47 bits per heavy atom. The molecule has 1 rings (SSSR count). The molecule has 0 aliphatic rings. The third-order valence-electron chi connectivity index (χ3n) is 2.13. The van der Waals surface area contributed by atoms with Crippen molar-refractivity contribution in [1.29, 1.82) is 0 Å². The maximum Gasteiger partial charge on any atom is 0.406 e. The minimum atomic E-state index is -1.07. The van der Waals surface area contributed by atoms with E-state index in [0.717, 1.165) is 5.56 Å². The first-order valence-electron chi connectivity index (χ1n) is 4.88. The summed E-state index contributed by atoms with van der Waals surface area (Å²) in [6.45, 7) is 0.368. The maximum absolute atomic E-state index is 10.8. The Morgan fingerprint density at radius 3 is 2.76 bits per heavy atom. The minimum Gasteiger partial charge on any atom is -0.478 e. The molecule has 0 aliphatic carbocycles. The molecule has 0 spiro atoms. The third kappa shape index (κ3) is 3.96. The van der Waals surface area contributed by atoms with Crippen LogP contribution in [-0.4, -0.2) is 30.8 Å². The van der Waals surface area contributed by atoms with Gasteiger partial charge in [-0.05, 0) is 24.1 Å². The van der Waals surface area contributed by atoms with Crippen LogP contribution >= 0.6 is 11.6 Å². The van der Waals surface area contributed by atoms with Gasteiger partial charge in [-0.25, -0.2) is 9.59 Å². The van der Waals surface area contributed by atoms with Gasteiger partial charge in [-0.1, -0.05) is 17.7 Å². The highest BCUT2D eigenvalue weighted by Gasteiger charge is 2.09. The highest BCUT2D eigenvalue weighted by Crippen LogP contribution is 2.17. The molecule has 1 aromatic carbocycles. The molecule has 6 heteroatoms. The summed E-state index contributed by atoms with van der Waals surface area (Å²) in [5.41, 5.74) is 0.838. The molecular weight excluding hydrogens is 246 g/mol. The van der Waals surface area contributed by atoms with Crippen molar-refractivity contribution in [2.24, 2.45) is 0 Å². The van der Waals surface area contributed by atoms with Gasteiger partial charge < -0.3 is 15.2 Å². The molecule has 0 radical (unpaired) electrons. The zero-order chi connectivity index (χ0) is 12.8. The van der Waals surface area contributed by atoms with Crippen LogP contribution in [0, 0.1) is 0 Å². The van der Waals surface area contributed by atoms with Crippen LogP contribution in [0.2, 0.25) is 5.02 Å². The van der Waals surface area contributed by atoms with Gasteiger partial charge in [-0.15, -0.1) is 0 Å². The second-order valence-electron chi connectivity index (χ2n) is 3.29. The number of alkyl carbamates (subject to hydrolysis) is 1. The van der Waals surface area contributed by atoms with Crippen molar-refractivity contribution in [1.82, 2.24) is 5.32 Å². The van der Waals surface area contributed by atoms with Gasteiger partial charge in [0, 0.05) is 6.54 Å². The molecule has 0 bridgehead atoms. The van der Waals surface area contributed by atoms with Crippen LogP contribution in [0.1, 0.15) is 15.9 Å². The standard InChI is InChI=1S/C11H12ClNO4/c1-17-11(16)13-5-4-7-2-3-9(12)8(6-7)10(14)15/h2-3,6H,4-5H2,1H3,(H,13,16)(H,14,15). The van der Waals surface area contributed by atoms with E-state index in [1.807, 2.05) is 0 Å². The average molecular weight is 258 g/mol. The summed E-state index contributed by atoms with van der Waals surface area (Å²) in [6.07, 6.45) is -0.00978. The number of ether oxygens (including phenoxy) is 1. The number of hydrogen-bond donors (Lipinski definition) is 2. The van der Waals surface area contributed by atoms with E-state index in [9.17, 15) is 9.59 Å². The predicted molar refractivity (Wildman–Crippen MR) is 62.5 cm³/mol. The number of rotatable bonds is 4. The SMILES string of the molecule is COC(=O)NCCc1ccc(Cl)c(C(=O)O)c1. The monoisotopic (exact) mass is 257 g/mol. The van der Waals surface area contributed by atoms with Gasteiger partial charge in [0.15, 0.2) is 0 Å². The molecule has 0 saturated heterocycles. The minimum absolute atomic E-state index is 0.0576. The van der Waals surface area contributed by atoms with E-state index in [1.165, 1.54) is 19.2 Å². The zero-order valence-corrected chi connectivity index (χ0v) is 9.95. The first-order valence-corrected chi connectivity index (χ1v) is 5.26. The Bertz CT molecular complexity index is 433. The zero-order valence-electron chi connectivity index (χ0n) is 9.20. The Labute approximate surface area is 103 Å². The highest BCUT2D eigenvalue weighted by atomic mass is 35.5. The number of methoxy groups -OCH3 is 1. The number of halogens is 1. The fourth-order valence-electron chi connectivity index (χ4n) is 1.27. The molecule has 2 N–H and O–H groups in total. The Morgan fingerprint density at radius 2 is 2.18 bits per heavy atom. The number of carboxylic acids is 1. The first kappa shape index (κ1) is 13.3. The van der Waals surface area contributed by atoms with E-state index in [0.29, 0.717) is 13.0 Å². The summed E-state index contributed by atoms with van der Waals surface area (Å²) in [5.74, 6) is -1.07. The van der Waals surface area contributed by atoms with Crippen molar-refractivity contribution in [2.45, 2.75) is 6.42 Å². The van der Waals surface area contributed by atoms with Gasteiger partial charge in [0.05, 0.1) is 17.7 Å². The summed E-state index contributed by atoms with van der Waals surface area (Å²) >= 11 is 5.73. The molecule has 0 aromatic heterocycles. The lowest BCUT2D eigenvalue weighted by molar-refractivity contribution is 0.0697. The summed E-state index contributed by atoms with van der Waals surface area (Å²) in [6, 6.07) is 4.73. The summed E-state index contributed by atoms with van der Waals surface area (Å²) in [7, 11) is 1.28. The molecule has 0 saturated carbocycles. The molecule has 0 fully saturated rings. The smallest absolute Gasteiger partial charge is 0.406 e. The van der Waals surface area contributed by atoms with Gasteiger partial charge in [0.2, 0.25) is 0 Å². The van der Waals surface area contributed by atoms with Crippen molar-refractivity contribution >= 4 is 23.7 Å². The van der Waals surface area contributed by atoms with E-state index >= 15 is 0 Å². The molecule has 0 aliphatic heterocycles. The van der Waals surface area contributed by atoms with E-state index in [1.54, 1.807) is 6.07 Å². The quantitative estimate of drug-likeness (QED) is 0.864. The van der Waals surface area contributed by atoms with Crippen molar-refractivity contribution in [2.75, 3.05) is 13.7 Å². The summed E-state index contributed by atoms with van der Waals surface area (Å²) in [4.78, 5) is 21.6. The first-order chi connectivity index (χ1) is 8.04. The maximum atomic E-state index is 10.8. The fraction of sp³-hybridized carbons (Fsp3) is 0.273. The molecule has 0 atom stereocenters. The van der Waals surface area contributed by atoms with Crippen LogP contribution in [0.3, 0.4) is 0 Å². The molecular formula is C11H12ClNO4. The summed E-state index contributed by atoms with van der Waals surface area (Å²) < 4.78 is 4.40. The van der Waals surface area contributed by atoms with Crippen molar-refractivity contribution in [3.63, 3.8) is 0 Å². The second kappa shape index (κ2) is 6.10. The van der Waals surface area contributed by atoms with Crippen LogP contribution in [-0.2, 0) is 11.2 Å². The molecule has 5 nitrogen and oxygen atoms in total. The second-order valence-corrected chi connectivity index (χ2v) is 3.69. The molecule has 17 heavy (non-hydrogen) atoms. The lowest BCUT2D eigenvalue weighted by atomic mass is 10.1. The lowest BCUT2D eigenvalue weighted by Crippen LogP contribution is -2.25. The van der Waals surface area contributed by atoms with Crippen LogP contribution < -0.4 is 5.32 Å². The van der Waals surface area contributed by atoms with Crippen LogP contribution in [0.15, 0.2) is 18.2 Å². The van der Waals surface area contributed by atoms with E-state index in [2.05, 4.69) is 10.1 Å². The number of hydrogen-bond acceptors (Lipinski definition) is 3. The number of nitrogens with one attached hydrogen (secondary N) is 1. The number of benzene rings is 1. The highest BCUT2D eigenvalue weighted by molar-refractivity contribution is 6.33. The fourth-order valence-corrected chi connectivity index (χ4v) is 1.47. The number of carbonyl (C=O) groups is 2. The van der Waals surface area contributed by atoms with Gasteiger partial charge in [0.1, 0.15) is 0 Å². The van der Waals surface area contributed by atoms with Gasteiger partial charge in [-0.3, -0.25) is 0 Å². The largest absolute Gasteiger partial charge is 0.478 e. The van der Waals surface area contributed by atoms with Crippen molar-refractivity contribution in [3.8, 4) is 0 Å². The molecule has 1 amide bonds. The Hall–Kier alpha value is -1.75. The van der Waals surface area contributed by atoms with Gasteiger partial charge >= 0.3 is 12.1 Å². The van der Waals surface area contributed by atoms with Crippen LogP contribution in [0.4, 0.5) is 4.79 Å². The molecule has 1 aromatic rings. The molecule has 0 heterocycles. The van der Waals surface area contributed by atoms with E-state index in [-0.39, 0.29) is 10.6 Å². The normalized spacial score (nSPS) is 9.76. The Kier molecular flexibility index (Phi) is 4.78. The predicted octanol–water partition coefficient (Wildman–Crippen LogP) is 1.94. The topological polar surface area (TPSA) is 75.6 Å².